The van der Waals surface area contributed by atoms with Crippen molar-refractivity contribution in [2.24, 2.45) is 4.99 Å². The zero-order chi connectivity index (χ0) is 19.9. The summed E-state index contributed by atoms with van der Waals surface area (Å²) in [5, 5.41) is 3.37. The van der Waals surface area contributed by atoms with Crippen LogP contribution in [0.25, 0.3) is 0 Å². The van der Waals surface area contributed by atoms with Crippen molar-refractivity contribution < 1.29 is 18.7 Å². The van der Waals surface area contributed by atoms with Gasteiger partial charge < -0.3 is 29.0 Å². The van der Waals surface area contributed by atoms with Crippen LogP contribution in [-0.2, 0) is 6.54 Å². The first-order valence-electron chi connectivity index (χ1n) is 9.16. The molecular weight excluding hydrogens is 360 g/mol. The molecule has 2 aromatic rings. The summed E-state index contributed by atoms with van der Waals surface area (Å²) in [4.78, 5) is 20.7. The van der Waals surface area contributed by atoms with Gasteiger partial charge in [0.2, 0.25) is 0 Å². The fourth-order valence-corrected chi connectivity index (χ4v) is 3.28. The number of ether oxygens (including phenoxy) is 2. The van der Waals surface area contributed by atoms with Crippen LogP contribution in [0.2, 0.25) is 0 Å². The lowest BCUT2D eigenvalue weighted by Crippen LogP contribution is -2.53. The van der Waals surface area contributed by atoms with Gasteiger partial charge in [0.15, 0.2) is 23.2 Å². The average molecular weight is 386 g/mol. The number of piperazine rings is 1. The highest BCUT2D eigenvalue weighted by molar-refractivity contribution is 5.91. The molecule has 1 amide bonds. The zero-order valence-corrected chi connectivity index (χ0v) is 16.5. The third kappa shape index (κ3) is 4.21. The van der Waals surface area contributed by atoms with Crippen LogP contribution in [0.1, 0.15) is 16.1 Å². The van der Waals surface area contributed by atoms with Gasteiger partial charge in [-0.25, -0.2) is 0 Å². The van der Waals surface area contributed by atoms with E-state index in [0.29, 0.717) is 50.0 Å². The van der Waals surface area contributed by atoms with Gasteiger partial charge in [0, 0.05) is 45.3 Å². The van der Waals surface area contributed by atoms with E-state index in [4.69, 9.17) is 13.9 Å². The number of furan rings is 1. The minimum Gasteiger partial charge on any atom is -0.493 e. The maximum Gasteiger partial charge on any atom is 0.289 e. The van der Waals surface area contributed by atoms with Gasteiger partial charge in [-0.05, 0) is 18.2 Å². The van der Waals surface area contributed by atoms with Gasteiger partial charge in [-0.2, -0.15) is 0 Å². The molecule has 1 aliphatic heterocycles. The Bertz CT molecular complexity index is 812. The third-order valence-corrected chi connectivity index (χ3v) is 4.73. The summed E-state index contributed by atoms with van der Waals surface area (Å²) in [6, 6.07) is 9.20. The molecule has 8 heteroatoms. The maximum atomic E-state index is 12.4. The molecule has 3 rings (SSSR count). The lowest BCUT2D eigenvalue weighted by atomic mass is 10.2. The minimum absolute atomic E-state index is 0.0753. The van der Waals surface area contributed by atoms with Gasteiger partial charge in [-0.1, -0.05) is 12.1 Å². The number of nitrogens with zero attached hydrogens (tertiary/aromatic N) is 3. The number of methoxy groups -OCH3 is 2. The first kappa shape index (κ1) is 19.6. The Labute approximate surface area is 164 Å². The molecule has 28 heavy (non-hydrogen) atoms. The van der Waals surface area contributed by atoms with Crippen LogP contribution in [0.15, 0.2) is 46.0 Å². The highest BCUT2D eigenvalue weighted by atomic mass is 16.5. The van der Waals surface area contributed by atoms with Gasteiger partial charge in [0.1, 0.15) is 0 Å². The van der Waals surface area contributed by atoms with E-state index >= 15 is 0 Å². The first-order valence-corrected chi connectivity index (χ1v) is 9.16. The lowest BCUT2D eigenvalue weighted by molar-refractivity contribution is 0.0657. The summed E-state index contributed by atoms with van der Waals surface area (Å²) in [7, 11) is 5.01. The molecule has 150 valence electrons. The van der Waals surface area contributed by atoms with E-state index in [9.17, 15) is 4.79 Å². The van der Waals surface area contributed by atoms with E-state index in [1.807, 2.05) is 18.2 Å². The van der Waals surface area contributed by atoms with Gasteiger partial charge in [-0.15, -0.1) is 0 Å². The molecule has 1 fully saturated rings. The number of amides is 1. The molecular formula is C20H26N4O4. The second-order valence-corrected chi connectivity index (χ2v) is 6.31. The van der Waals surface area contributed by atoms with E-state index in [1.54, 1.807) is 38.3 Å². The summed E-state index contributed by atoms with van der Waals surface area (Å²) in [5.41, 5.74) is 0.981. The molecule has 8 nitrogen and oxygen atoms in total. The Morgan fingerprint density at radius 2 is 1.86 bits per heavy atom. The summed E-state index contributed by atoms with van der Waals surface area (Å²) < 4.78 is 16.0. The number of nitrogens with one attached hydrogen (secondary N) is 1. The van der Waals surface area contributed by atoms with Crippen molar-refractivity contribution in [1.82, 2.24) is 15.1 Å². The molecule has 0 aliphatic carbocycles. The van der Waals surface area contributed by atoms with Crippen molar-refractivity contribution in [3.8, 4) is 11.5 Å². The van der Waals surface area contributed by atoms with Gasteiger partial charge >= 0.3 is 0 Å². The summed E-state index contributed by atoms with van der Waals surface area (Å²) in [5.74, 6) is 2.49. The monoisotopic (exact) mass is 386 g/mol. The zero-order valence-electron chi connectivity index (χ0n) is 16.5. The third-order valence-electron chi connectivity index (χ3n) is 4.73. The minimum atomic E-state index is -0.0753. The van der Waals surface area contributed by atoms with Crippen molar-refractivity contribution >= 4 is 11.9 Å². The Morgan fingerprint density at radius 1 is 1.11 bits per heavy atom. The van der Waals surface area contributed by atoms with Crippen molar-refractivity contribution in [3.05, 3.63) is 47.9 Å². The fourth-order valence-electron chi connectivity index (χ4n) is 3.28. The Hall–Kier alpha value is -3.16. The van der Waals surface area contributed by atoms with Crippen LogP contribution in [0.4, 0.5) is 0 Å². The second-order valence-electron chi connectivity index (χ2n) is 6.31. The Balaban J connectivity index is 1.58. The van der Waals surface area contributed by atoms with Gasteiger partial charge in [-0.3, -0.25) is 9.79 Å². The number of benzene rings is 1. The van der Waals surface area contributed by atoms with Crippen LogP contribution in [0.3, 0.4) is 0 Å². The van der Waals surface area contributed by atoms with Crippen LogP contribution in [-0.4, -0.2) is 69.1 Å². The molecule has 0 atom stereocenters. The summed E-state index contributed by atoms with van der Waals surface area (Å²) in [6.07, 6.45) is 1.52. The van der Waals surface area contributed by atoms with E-state index in [-0.39, 0.29) is 5.91 Å². The van der Waals surface area contributed by atoms with Crippen molar-refractivity contribution in [3.63, 3.8) is 0 Å². The predicted octanol–water partition coefficient (Wildman–Crippen LogP) is 1.83. The topological polar surface area (TPSA) is 79.5 Å². The number of carbonyl (C=O) groups is 1. The van der Waals surface area contributed by atoms with E-state index < -0.39 is 0 Å². The summed E-state index contributed by atoms with van der Waals surface area (Å²) >= 11 is 0. The molecule has 1 saturated heterocycles. The second kappa shape index (κ2) is 9.16. The van der Waals surface area contributed by atoms with Crippen LogP contribution in [0.5, 0.6) is 11.5 Å². The fraction of sp³-hybridized carbons (Fsp3) is 0.400. The number of rotatable bonds is 5. The van der Waals surface area contributed by atoms with E-state index in [1.165, 1.54) is 6.26 Å². The normalized spacial score (nSPS) is 14.8. The van der Waals surface area contributed by atoms with Crippen molar-refractivity contribution in [1.29, 1.82) is 0 Å². The molecule has 0 saturated carbocycles. The molecule has 1 aromatic carbocycles. The van der Waals surface area contributed by atoms with Crippen LogP contribution < -0.4 is 14.8 Å². The number of aliphatic imine (C=N–C) groups is 1. The largest absolute Gasteiger partial charge is 0.493 e. The maximum absolute atomic E-state index is 12.4. The average Bonchev–Trinajstić information content (AvgIpc) is 3.28. The Kier molecular flexibility index (Phi) is 6.41. The highest BCUT2D eigenvalue weighted by Gasteiger charge is 2.25. The van der Waals surface area contributed by atoms with E-state index in [2.05, 4.69) is 15.2 Å². The number of hydrogen-bond donors (Lipinski definition) is 1. The SMILES string of the molecule is CN=C(NCc1cccc(OC)c1OC)N1CCN(C(=O)c2ccco2)CC1. The summed E-state index contributed by atoms with van der Waals surface area (Å²) in [6.45, 7) is 3.17. The molecule has 0 radical (unpaired) electrons. The molecule has 0 unspecified atom stereocenters. The molecule has 1 aliphatic rings. The molecule has 1 aromatic heterocycles. The van der Waals surface area contributed by atoms with Crippen LogP contribution in [0, 0.1) is 0 Å². The number of carbonyl (C=O) groups excluding carboxylic acids is 1. The van der Waals surface area contributed by atoms with Gasteiger partial charge in [0.05, 0.1) is 20.5 Å². The predicted molar refractivity (Wildman–Crippen MR) is 106 cm³/mol. The standard InChI is InChI=1S/C20H26N4O4/c1-21-20(22-14-15-6-4-7-16(26-2)18(15)27-3)24-11-9-23(10-12-24)19(25)17-8-5-13-28-17/h4-8,13H,9-12,14H2,1-3H3,(H,21,22). The van der Waals surface area contributed by atoms with Crippen molar-refractivity contribution in [2.45, 2.75) is 6.54 Å². The number of guanidine groups is 1. The number of para-hydroxylation sites is 1. The number of hydrogen-bond acceptors (Lipinski definition) is 5. The molecule has 0 bridgehead atoms. The molecule has 0 spiro atoms. The van der Waals surface area contributed by atoms with Gasteiger partial charge in [0.25, 0.3) is 5.91 Å². The molecule has 1 N–H and O–H groups in total. The lowest BCUT2D eigenvalue weighted by Gasteiger charge is -2.36. The Morgan fingerprint density at radius 3 is 2.46 bits per heavy atom. The van der Waals surface area contributed by atoms with Crippen LogP contribution >= 0.6 is 0 Å². The quantitative estimate of drug-likeness (QED) is 0.624. The van der Waals surface area contributed by atoms with Crippen molar-refractivity contribution in [2.75, 3.05) is 47.4 Å². The first-order chi connectivity index (χ1) is 13.7. The molecule has 2 heterocycles. The highest BCUT2D eigenvalue weighted by Crippen LogP contribution is 2.30. The van der Waals surface area contributed by atoms with E-state index in [0.717, 1.165) is 11.5 Å². The smallest absolute Gasteiger partial charge is 0.289 e.